The van der Waals surface area contributed by atoms with Crippen LogP contribution in [0.15, 0.2) is 28.7 Å². The van der Waals surface area contributed by atoms with E-state index in [2.05, 4.69) is 11.0 Å². The second-order valence-electron chi connectivity index (χ2n) is 5.87. The monoisotopic (exact) mass is 289 g/mol. The number of hydrogen-bond donors (Lipinski definition) is 1. The van der Waals surface area contributed by atoms with Crippen LogP contribution < -0.4 is 4.74 Å². The van der Waals surface area contributed by atoms with Crippen molar-refractivity contribution in [2.75, 3.05) is 26.8 Å². The predicted octanol–water partition coefficient (Wildman–Crippen LogP) is 3.04. The Kier molecular flexibility index (Phi) is 4.46. The molecule has 0 saturated carbocycles. The lowest BCUT2D eigenvalue weighted by atomic mass is 9.95. The Labute approximate surface area is 125 Å². The summed E-state index contributed by atoms with van der Waals surface area (Å²) in [6.07, 6.45) is 3.35. The van der Waals surface area contributed by atoms with Gasteiger partial charge >= 0.3 is 0 Å². The van der Waals surface area contributed by atoms with Gasteiger partial charge in [-0.3, -0.25) is 4.90 Å². The lowest BCUT2D eigenvalue weighted by molar-refractivity contribution is 0.136. The molecule has 1 atom stereocenters. The zero-order valence-corrected chi connectivity index (χ0v) is 12.5. The van der Waals surface area contributed by atoms with Crippen LogP contribution >= 0.6 is 0 Å². The van der Waals surface area contributed by atoms with E-state index in [-0.39, 0.29) is 0 Å². The van der Waals surface area contributed by atoms with Gasteiger partial charge in [-0.1, -0.05) is 0 Å². The van der Waals surface area contributed by atoms with E-state index in [4.69, 9.17) is 14.3 Å². The van der Waals surface area contributed by atoms with Crippen LogP contribution in [-0.2, 0) is 6.54 Å². The molecule has 114 valence electrons. The first kappa shape index (κ1) is 14.4. The summed E-state index contributed by atoms with van der Waals surface area (Å²) in [5.74, 6) is 2.48. The maximum atomic E-state index is 9.09. The Morgan fingerprint density at radius 2 is 2.29 bits per heavy atom. The number of ether oxygens (including phenoxy) is 1. The minimum absolute atomic E-state index is 0.295. The SMILES string of the molecule is COc1ccc2oc(CN3CCC[C@@H](CCO)C3)cc2c1. The molecule has 4 heteroatoms. The van der Waals surface area contributed by atoms with E-state index in [1.807, 2.05) is 18.2 Å². The molecule has 3 rings (SSSR count). The molecule has 4 nitrogen and oxygen atoms in total. The maximum absolute atomic E-state index is 9.09. The molecule has 2 heterocycles. The lowest BCUT2D eigenvalue weighted by Crippen LogP contribution is -2.35. The van der Waals surface area contributed by atoms with Crippen molar-refractivity contribution in [2.45, 2.75) is 25.8 Å². The van der Waals surface area contributed by atoms with Crippen LogP contribution in [0.4, 0.5) is 0 Å². The van der Waals surface area contributed by atoms with Gasteiger partial charge in [0.05, 0.1) is 13.7 Å². The summed E-state index contributed by atoms with van der Waals surface area (Å²) < 4.78 is 11.2. The molecule has 0 bridgehead atoms. The molecule has 1 saturated heterocycles. The third kappa shape index (κ3) is 3.39. The van der Waals surface area contributed by atoms with Crippen LogP contribution in [0.1, 0.15) is 25.0 Å². The second kappa shape index (κ2) is 6.50. The van der Waals surface area contributed by atoms with Crippen molar-refractivity contribution in [2.24, 2.45) is 5.92 Å². The van der Waals surface area contributed by atoms with Gasteiger partial charge in [-0.2, -0.15) is 0 Å². The van der Waals surface area contributed by atoms with Crippen molar-refractivity contribution in [3.8, 4) is 5.75 Å². The third-order valence-corrected chi connectivity index (χ3v) is 4.29. The van der Waals surface area contributed by atoms with Crippen molar-refractivity contribution in [1.29, 1.82) is 0 Å². The van der Waals surface area contributed by atoms with E-state index in [1.54, 1.807) is 7.11 Å². The van der Waals surface area contributed by atoms with Gasteiger partial charge in [0.25, 0.3) is 0 Å². The molecule has 0 aliphatic carbocycles. The van der Waals surface area contributed by atoms with Crippen molar-refractivity contribution < 1.29 is 14.3 Å². The summed E-state index contributed by atoms with van der Waals surface area (Å²) >= 11 is 0. The molecule has 1 N–H and O–H groups in total. The van der Waals surface area contributed by atoms with Crippen LogP contribution in [0.25, 0.3) is 11.0 Å². The molecule has 0 amide bonds. The van der Waals surface area contributed by atoms with Crippen LogP contribution in [0.2, 0.25) is 0 Å². The van der Waals surface area contributed by atoms with Crippen LogP contribution in [0.5, 0.6) is 5.75 Å². The van der Waals surface area contributed by atoms with E-state index in [9.17, 15) is 0 Å². The van der Waals surface area contributed by atoms with Gasteiger partial charge in [-0.15, -0.1) is 0 Å². The fraction of sp³-hybridized carbons (Fsp3) is 0.529. The normalized spacial score (nSPS) is 20.0. The molecular weight excluding hydrogens is 266 g/mol. The van der Waals surface area contributed by atoms with Gasteiger partial charge in [0.1, 0.15) is 17.1 Å². The van der Waals surface area contributed by atoms with Gasteiger partial charge in [0, 0.05) is 18.5 Å². The Bertz CT molecular complexity index is 591. The van der Waals surface area contributed by atoms with Crippen molar-refractivity contribution in [1.82, 2.24) is 4.90 Å². The molecule has 2 aromatic rings. The fourth-order valence-electron chi connectivity index (χ4n) is 3.21. The summed E-state index contributed by atoms with van der Waals surface area (Å²) in [7, 11) is 1.68. The molecule has 0 radical (unpaired) electrons. The summed E-state index contributed by atoms with van der Waals surface area (Å²) in [4.78, 5) is 2.43. The van der Waals surface area contributed by atoms with E-state index < -0.39 is 0 Å². The van der Waals surface area contributed by atoms with Gasteiger partial charge in [0.15, 0.2) is 0 Å². The Balaban J connectivity index is 1.69. The summed E-state index contributed by atoms with van der Waals surface area (Å²) in [5, 5.41) is 10.2. The highest BCUT2D eigenvalue weighted by Crippen LogP contribution is 2.26. The first-order valence-corrected chi connectivity index (χ1v) is 7.68. The minimum atomic E-state index is 0.295. The highest BCUT2D eigenvalue weighted by molar-refractivity contribution is 5.79. The number of rotatable bonds is 5. The zero-order chi connectivity index (χ0) is 14.7. The molecule has 1 aromatic carbocycles. The first-order valence-electron chi connectivity index (χ1n) is 7.68. The summed E-state index contributed by atoms with van der Waals surface area (Å²) in [5.41, 5.74) is 0.912. The van der Waals surface area contributed by atoms with Gasteiger partial charge in [0.2, 0.25) is 0 Å². The Morgan fingerprint density at radius 3 is 3.10 bits per heavy atom. The number of hydrogen-bond acceptors (Lipinski definition) is 4. The van der Waals surface area contributed by atoms with E-state index >= 15 is 0 Å². The van der Waals surface area contributed by atoms with Gasteiger partial charge in [-0.25, -0.2) is 0 Å². The smallest absolute Gasteiger partial charge is 0.134 e. The number of likely N-dealkylation sites (tertiary alicyclic amines) is 1. The Hall–Kier alpha value is -1.52. The molecule has 0 unspecified atom stereocenters. The maximum Gasteiger partial charge on any atom is 0.134 e. The Morgan fingerprint density at radius 1 is 1.38 bits per heavy atom. The number of piperidine rings is 1. The number of nitrogens with zero attached hydrogens (tertiary/aromatic N) is 1. The predicted molar refractivity (Wildman–Crippen MR) is 82.5 cm³/mol. The van der Waals surface area contributed by atoms with Crippen LogP contribution in [-0.4, -0.2) is 36.8 Å². The van der Waals surface area contributed by atoms with Gasteiger partial charge in [-0.05, 0) is 56.0 Å². The average Bonchev–Trinajstić information content (AvgIpc) is 2.89. The number of methoxy groups -OCH3 is 1. The largest absolute Gasteiger partial charge is 0.497 e. The highest BCUT2D eigenvalue weighted by atomic mass is 16.5. The minimum Gasteiger partial charge on any atom is -0.497 e. The lowest BCUT2D eigenvalue weighted by Gasteiger charge is -2.31. The number of benzene rings is 1. The topological polar surface area (TPSA) is 45.8 Å². The summed E-state index contributed by atoms with van der Waals surface area (Å²) in [6, 6.07) is 8.00. The van der Waals surface area contributed by atoms with Crippen LogP contribution in [0.3, 0.4) is 0 Å². The average molecular weight is 289 g/mol. The first-order chi connectivity index (χ1) is 10.3. The second-order valence-corrected chi connectivity index (χ2v) is 5.87. The van der Waals surface area contributed by atoms with Gasteiger partial charge < -0.3 is 14.3 Å². The van der Waals surface area contributed by atoms with E-state index in [1.165, 1.54) is 12.8 Å². The molecule has 1 aliphatic heterocycles. The number of furan rings is 1. The zero-order valence-electron chi connectivity index (χ0n) is 12.5. The molecule has 1 aliphatic rings. The molecule has 1 aromatic heterocycles. The van der Waals surface area contributed by atoms with Crippen molar-refractivity contribution in [3.63, 3.8) is 0 Å². The number of fused-ring (bicyclic) bond motifs is 1. The molecular formula is C17H23NO3. The summed E-state index contributed by atoms with van der Waals surface area (Å²) in [6.45, 7) is 3.31. The fourth-order valence-corrected chi connectivity index (χ4v) is 3.21. The van der Waals surface area contributed by atoms with Crippen molar-refractivity contribution in [3.05, 3.63) is 30.0 Å². The van der Waals surface area contributed by atoms with Crippen molar-refractivity contribution >= 4 is 11.0 Å². The number of aliphatic hydroxyl groups is 1. The third-order valence-electron chi connectivity index (χ3n) is 4.29. The molecule has 0 spiro atoms. The quantitative estimate of drug-likeness (QED) is 0.919. The van der Waals surface area contributed by atoms with Crippen LogP contribution in [0, 0.1) is 5.92 Å². The molecule has 21 heavy (non-hydrogen) atoms. The van der Waals surface area contributed by atoms with E-state index in [0.717, 1.165) is 48.5 Å². The standard InChI is InChI=1S/C17H23NO3/c1-20-15-4-5-17-14(9-15)10-16(21-17)12-18-7-2-3-13(11-18)6-8-19/h4-5,9-10,13,19H,2-3,6-8,11-12H2,1H3/t13-/m0/s1. The highest BCUT2D eigenvalue weighted by Gasteiger charge is 2.20. The number of aliphatic hydroxyl groups excluding tert-OH is 1. The molecule has 1 fully saturated rings. The van der Waals surface area contributed by atoms with E-state index in [0.29, 0.717) is 12.5 Å².